The molecule has 0 fully saturated rings. The van der Waals surface area contributed by atoms with Crippen molar-refractivity contribution < 1.29 is 9.84 Å². The van der Waals surface area contributed by atoms with Crippen LogP contribution in [0.4, 0.5) is 5.69 Å². The van der Waals surface area contributed by atoms with E-state index in [1.165, 1.54) is 5.56 Å². The quantitative estimate of drug-likeness (QED) is 0.434. The average molecular weight is 394 g/mol. The van der Waals surface area contributed by atoms with Crippen LogP contribution in [0.25, 0.3) is 10.9 Å². The number of methoxy groups -OCH3 is 1. The number of phenolic OH excluding ortho intramolecular Hbond substituents is 1. The van der Waals surface area contributed by atoms with Crippen LogP contribution in [0.1, 0.15) is 31.4 Å². The van der Waals surface area contributed by atoms with Gasteiger partial charge in [-0.2, -0.15) is 0 Å². The second kappa shape index (κ2) is 10.1. The Hall–Kier alpha value is -2.79. The first-order valence-electron chi connectivity index (χ1n) is 10.3. The molecule has 1 aromatic heterocycles. The highest BCUT2D eigenvalue weighted by molar-refractivity contribution is 5.91. The van der Waals surface area contributed by atoms with Crippen LogP contribution in [0.15, 0.2) is 48.7 Å². The fourth-order valence-electron chi connectivity index (χ4n) is 3.48. The highest BCUT2D eigenvalue weighted by Crippen LogP contribution is 2.29. The largest absolute Gasteiger partial charge is 0.504 e. The minimum absolute atomic E-state index is 0.209. The standard InChI is InChI=1S/C24H31N3O2/c1-17(2)14-18-8-9-20-21(10-13-27-22(20)15-18)26-12-5-11-25-16-19-6-4-7-23(29-3)24(19)28/h4,6-10,13,15,17,25,28H,5,11-12,14,16H2,1-3H3,(H,26,27). The van der Waals surface area contributed by atoms with E-state index >= 15 is 0 Å². The molecule has 29 heavy (non-hydrogen) atoms. The molecular formula is C24H31N3O2. The average Bonchev–Trinajstić information content (AvgIpc) is 2.71. The van der Waals surface area contributed by atoms with E-state index in [1.54, 1.807) is 13.2 Å². The third kappa shape index (κ3) is 5.61. The molecule has 0 bridgehead atoms. The first kappa shape index (κ1) is 20.9. The molecule has 3 rings (SSSR count). The number of aromatic nitrogens is 1. The van der Waals surface area contributed by atoms with Crippen molar-refractivity contribution in [2.75, 3.05) is 25.5 Å². The van der Waals surface area contributed by atoms with E-state index < -0.39 is 0 Å². The van der Waals surface area contributed by atoms with Gasteiger partial charge in [0, 0.05) is 35.9 Å². The zero-order valence-electron chi connectivity index (χ0n) is 17.5. The molecule has 0 spiro atoms. The van der Waals surface area contributed by atoms with Gasteiger partial charge in [-0.15, -0.1) is 0 Å². The molecule has 3 aromatic rings. The molecule has 5 heteroatoms. The maximum absolute atomic E-state index is 10.1. The lowest BCUT2D eigenvalue weighted by molar-refractivity contribution is 0.369. The molecular weight excluding hydrogens is 362 g/mol. The molecule has 0 saturated carbocycles. The van der Waals surface area contributed by atoms with E-state index in [4.69, 9.17) is 4.74 Å². The fourth-order valence-corrected chi connectivity index (χ4v) is 3.48. The van der Waals surface area contributed by atoms with E-state index in [0.29, 0.717) is 18.2 Å². The van der Waals surface area contributed by atoms with Crippen LogP contribution in [0.3, 0.4) is 0 Å². The summed E-state index contributed by atoms with van der Waals surface area (Å²) in [6.45, 7) is 6.80. The minimum Gasteiger partial charge on any atom is -0.504 e. The Kier molecular flexibility index (Phi) is 7.30. The van der Waals surface area contributed by atoms with Crippen LogP contribution in [0.2, 0.25) is 0 Å². The molecule has 1 heterocycles. The van der Waals surface area contributed by atoms with Gasteiger partial charge in [0.25, 0.3) is 0 Å². The molecule has 0 unspecified atom stereocenters. The molecule has 0 radical (unpaired) electrons. The molecule has 3 N–H and O–H groups in total. The number of phenols is 1. The van der Waals surface area contributed by atoms with Gasteiger partial charge in [0.1, 0.15) is 0 Å². The summed E-state index contributed by atoms with van der Waals surface area (Å²) in [6.07, 6.45) is 3.91. The van der Waals surface area contributed by atoms with Crippen LogP contribution >= 0.6 is 0 Å². The van der Waals surface area contributed by atoms with E-state index in [9.17, 15) is 5.11 Å². The molecule has 0 aliphatic carbocycles. The highest BCUT2D eigenvalue weighted by Gasteiger charge is 2.07. The van der Waals surface area contributed by atoms with Gasteiger partial charge < -0.3 is 20.5 Å². The van der Waals surface area contributed by atoms with Crippen molar-refractivity contribution >= 4 is 16.6 Å². The molecule has 0 aliphatic heterocycles. The monoisotopic (exact) mass is 393 g/mol. The number of ether oxygens (including phenoxy) is 1. The fraction of sp³-hybridized carbons (Fsp3) is 0.375. The number of hydrogen-bond donors (Lipinski definition) is 3. The number of aromatic hydroxyl groups is 1. The predicted molar refractivity (Wildman–Crippen MR) is 120 cm³/mol. The van der Waals surface area contributed by atoms with Crippen molar-refractivity contribution in [3.8, 4) is 11.5 Å². The normalized spacial score (nSPS) is 11.2. The summed E-state index contributed by atoms with van der Waals surface area (Å²) < 4.78 is 5.15. The number of pyridine rings is 1. The summed E-state index contributed by atoms with van der Waals surface area (Å²) >= 11 is 0. The van der Waals surface area contributed by atoms with Crippen molar-refractivity contribution in [1.29, 1.82) is 0 Å². The number of benzene rings is 2. The molecule has 0 aliphatic rings. The lowest BCUT2D eigenvalue weighted by Gasteiger charge is -2.12. The number of rotatable bonds is 10. The lowest BCUT2D eigenvalue weighted by Crippen LogP contribution is -2.17. The third-order valence-corrected chi connectivity index (χ3v) is 4.91. The van der Waals surface area contributed by atoms with Crippen LogP contribution < -0.4 is 15.4 Å². The Morgan fingerprint density at radius 1 is 1.10 bits per heavy atom. The van der Waals surface area contributed by atoms with Gasteiger partial charge in [-0.3, -0.25) is 4.98 Å². The summed E-state index contributed by atoms with van der Waals surface area (Å²) in [5, 5.41) is 18.2. The molecule has 154 valence electrons. The topological polar surface area (TPSA) is 66.4 Å². The van der Waals surface area contributed by atoms with Crippen LogP contribution in [-0.2, 0) is 13.0 Å². The summed E-state index contributed by atoms with van der Waals surface area (Å²) in [4.78, 5) is 4.54. The lowest BCUT2D eigenvalue weighted by atomic mass is 10.0. The van der Waals surface area contributed by atoms with E-state index in [-0.39, 0.29) is 5.75 Å². The third-order valence-electron chi connectivity index (χ3n) is 4.91. The summed E-state index contributed by atoms with van der Waals surface area (Å²) in [5.41, 5.74) is 4.34. The Morgan fingerprint density at radius 2 is 1.97 bits per heavy atom. The van der Waals surface area contributed by atoms with Gasteiger partial charge in [-0.1, -0.05) is 38.1 Å². The number of para-hydroxylation sites is 1. The van der Waals surface area contributed by atoms with Crippen LogP contribution in [0.5, 0.6) is 11.5 Å². The second-order valence-corrected chi connectivity index (χ2v) is 7.73. The molecule has 0 atom stereocenters. The zero-order chi connectivity index (χ0) is 20.6. The highest BCUT2D eigenvalue weighted by atomic mass is 16.5. The number of nitrogens with one attached hydrogen (secondary N) is 2. The summed E-state index contributed by atoms with van der Waals surface area (Å²) in [5.74, 6) is 1.35. The van der Waals surface area contributed by atoms with Crippen LogP contribution in [0, 0.1) is 5.92 Å². The van der Waals surface area contributed by atoms with Gasteiger partial charge >= 0.3 is 0 Å². The Bertz CT molecular complexity index is 941. The zero-order valence-corrected chi connectivity index (χ0v) is 17.5. The van der Waals surface area contributed by atoms with Gasteiger partial charge in [0.2, 0.25) is 0 Å². The van der Waals surface area contributed by atoms with Crippen molar-refractivity contribution in [2.24, 2.45) is 5.92 Å². The summed E-state index contributed by atoms with van der Waals surface area (Å²) in [7, 11) is 1.56. The molecule has 2 aromatic carbocycles. The number of nitrogens with zero attached hydrogens (tertiary/aromatic N) is 1. The van der Waals surface area contributed by atoms with Crippen molar-refractivity contribution in [2.45, 2.75) is 33.2 Å². The molecule has 5 nitrogen and oxygen atoms in total. The van der Waals surface area contributed by atoms with Gasteiger partial charge in [-0.25, -0.2) is 0 Å². The van der Waals surface area contributed by atoms with Crippen molar-refractivity contribution in [3.05, 3.63) is 59.8 Å². The SMILES string of the molecule is COc1cccc(CNCCCNc2ccnc3cc(CC(C)C)ccc23)c1O. The van der Waals surface area contributed by atoms with Gasteiger partial charge in [0.05, 0.1) is 12.6 Å². The number of anilines is 1. The van der Waals surface area contributed by atoms with E-state index in [0.717, 1.165) is 48.1 Å². The maximum Gasteiger partial charge on any atom is 0.162 e. The smallest absolute Gasteiger partial charge is 0.162 e. The second-order valence-electron chi connectivity index (χ2n) is 7.73. The summed E-state index contributed by atoms with van der Waals surface area (Å²) in [6, 6.07) is 14.2. The first-order chi connectivity index (χ1) is 14.1. The molecule has 0 saturated heterocycles. The Morgan fingerprint density at radius 3 is 2.76 bits per heavy atom. The predicted octanol–water partition coefficient (Wildman–Crippen LogP) is 4.74. The number of hydrogen-bond acceptors (Lipinski definition) is 5. The number of fused-ring (bicyclic) bond motifs is 1. The van der Waals surface area contributed by atoms with Gasteiger partial charge in [-0.05, 0) is 49.1 Å². The maximum atomic E-state index is 10.1. The van der Waals surface area contributed by atoms with Crippen molar-refractivity contribution in [1.82, 2.24) is 10.3 Å². The van der Waals surface area contributed by atoms with Crippen molar-refractivity contribution in [3.63, 3.8) is 0 Å². The van der Waals surface area contributed by atoms with Gasteiger partial charge in [0.15, 0.2) is 11.5 Å². The molecule has 0 amide bonds. The van der Waals surface area contributed by atoms with E-state index in [2.05, 4.69) is 47.7 Å². The Labute approximate surface area is 173 Å². The Balaban J connectivity index is 1.49. The first-order valence-corrected chi connectivity index (χ1v) is 10.3. The minimum atomic E-state index is 0.209. The van der Waals surface area contributed by atoms with Crippen LogP contribution in [-0.4, -0.2) is 30.3 Å². The van der Waals surface area contributed by atoms with E-state index in [1.807, 2.05) is 24.4 Å².